The van der Waals surface area contributed by atoms with Gasteiger partial charge in [-0.2, -0.15) is 8.75 Å². The molecule has 2 atom stereocenters. The summed E-state index contributed by atoms with van der Waals surface area (Å²) in [4.78, 5) is 17.1. The Hall–Kier alpha value is -2.35. The van der Waals surface area contributed by atoms with Crippen molar-refractivity contribution in [3.05, 3.63) is 64.4 Å². The largest absolute Gasteiger partial charge is 0.334 e. The number of carbonyl (C=O) groups excluding carboxylic acids is 1. The number of fused-ring (bicyclic) bond motifs is 1. The molecule has 4 rings (SSSR count). The highest BCUT2D eigenvalue weighted by Crippen LogP contribution is 2.25. The third-order valence-corrected chi connectivity index (χ3v) is 6.28. The lowest BCUT2D eigenvalue weighted by Crippen LogP contribution is -2.57. The number of nitrogens with zero attached hydrogens (tertiary/aromatic N) is 4. The van der Waals surface area contributed by atoms with Gasteiger partial charge in [-0.25, -0.2) is 4.39 Å². The molecule has 30 heavy (non-hydrogen) atoms. The number of rotatable bonds is 4. The summed E-state index contributed by atoms with van der Waals surface area (Å²) in [7, 11) is 0. The van der Waals surface area contributed by atoms with Crippen LogP contribution in [-0.2, 0) is 11.3 Å². The highest BCUT2D eigenvalue weighted by molar-refractivity contribution is 7.00. The Bertz CT molecular complexity index is 1080. The molecule has 0 N–H and O–H groups in total. The van der Waals surface area contributed by atoms with Crippen LogP contribution in [0.15, 0.2) is 42.5 Å². The fourth-order valence-corrected chi connectivity index (χ4v) is 4.64. The summed E-state index contributed by atoms with van der Waals surface area (Å²) in [6, 6.07) is 10.5. The molecule has 0 bridgehead atoms. The number of piperazine rings is 1. The zero-order valence-corrected chi connectivity index (χ0v) is 18.3. The Balaban J connectivity index is 1.42. The van der Waals surface area contributed by atoms with Gasteiger partial charge in [0, 0.05) is 37.8 Å². The highest BCUT2D eigenvalue weighted by atomic mass is 35.5. The van der Waals surface area contributed by atoms with Crippen LogP contribution in [0, 0.1) is 5.82 Å². The minimum atomic E-state index is -0.228. The SMILES string of the molecule is C[C@@H]1CN(C(=O)/C=C/c2cc(Cl)c3nsnc3c2)[C@@H](C)CN1Cc1ccc(F)cc1. The molecule has 5 nitrogen and oxygen atoms in total. The summed E-state index contributed by atoms with van der Waals surface area (Å²) in [5.41, 5.74) is 3.31. The number of hydrogen-bond acceptors (Lipinski definition) is 5. The number of carbonyl (C=O) groups is 1. The molecule has 1 aliphatic heterocycles. The van der Waals surface area contributed by atoms with Gasteiger partial charge in [-0.15, -0.1) is 0 Å². The van der Waals surface area contributed by atoms with Gasteiger partial charge in [0.25, 0.3) is 0 Å². The maximum atomic E-state index is 13.1. The van der Waals surface area contributed by atoms with Crippen LogP contribution in [0.25, 0.3) is 17.1 Å². The molecule has 1 saturated heterocycles. The highest BCUT2D eigenvalue weighted by Gasteiger charge is 2.31. The van der Waals surface area contributed by atoms with E-state index in [2.05, 4.69) is 27.5 Å². The average Bonchev–Trinajstić information content (AvgIpc) is 3.19. The second kappa shape index (κ2) is 8.79. The van der Waals surface area contributed by atoms with Crippen molar-refractivity contribution < 1.29 is 9.18 Å². The Morgan fingerprint density at radius 1 is 1.20 bits per heavy atom. The molecule has 0 unspecified atom stereocenters. The van der Waals surface area contributed by atoms with E-state index in [9.17, 15) is 9.18 Å². The summed E-state index contributed by atoms with van der Waals surface area (Å²) in [6.45, 7) is 6.31. The van der Waals surface area contributed by atoms with Crippen molar-refractivity contribution in [3.8, 4) is 0 Å². The molecule has 0 aliphatic carbocycles. The Labute approximate surface area is 184 Å². The minimum absolute atomic E-state index is 0.0246. The Morgan fingerprint density at radius 3 is 2.73 bits per heavy atom. The molecule has 3 aromatic rings. The summed E-state index contributed by atoms with van der Waals surface area (Å²) in [6.07, 6.45) is 3.37. The van der Waals surface area contributed by atoms with E-state index < -0.39 is 0 Å². The van der Waals surface area contributed by atoms with Crippen molar-refractivity contribution in [2.24, 2.45) is 0 Å². The average molecular weight is 445 g/mol. The summed E-state index contributed by atoms with van der Waals surface area (Å²) in [5.74, 6) is -0.253. The Morgan fingerprint density at radius 2 is 1.97 bits per heavy atom. The van der Waals surface area contributed by atoms with Gasteiger partial charge in [-0.3, -0.25) is 9.69 Å². The molecule has 0 radical (unpaired) electrons. The first-order valence-corrected chi connectivity index (χ1v) is 10.9. The monoisotopic (exact) mass is 444 g/mol. The van der Waals surface area contributed by atoms with E-state index in [-0.39, 0.29) is 23.8 Å². The van der Waals surface area contributed by atoms with Crippen LogP contribution < -0.4 is 0 Å². The number of benzene rings is 2. The zero-order chi connectivity index (χ0) is 21.3. The second-order valence-corrected chi connectivity index (χ2v) is 8.65. The zero-order valence-electron chi connectivity index (χ0n) is 16.8. The predicted molar refractivity (Wildman–Crippen MR) is 119 cm³/mol. The maximum absolute atomic E-state index is 13.1. The molecule has 0 saturated carbocycles. The van der Waals surface area contributed by atoms with Gasteiger partial charge in [-0.05, 0) is 55.3 Å². The molecular weight excluding hydrogens is 423 g/mol. The molecule has 0 spiro atoms. The topological polar surface area (TPSA) is 49.3 Å². The van der Waals surface area contributed by atoms with Crippen LogP contribution in [0.3, 0.4) is 0 Å². The van der Waals surface area contributed by atoms with Crippen LogP contribution in [0.1, 0.15) is 25.0 Å². The Kier molecular flexibility index (Phi) is 6.13. The lowest BCUT2D eigenvalue weighted by atomic mass is 10.1. The summed E-state index contributed by atoms with van der Waals surface area (Å²) < 4.78 is 21.5. The molecule has 2 aromatic carbocycles. The molecule has 8 heteroatoms. The van der Waals surface area contributed by atoms with Gasteiger partial charge in [0.05, 0.1) is 16.8 Å². The fourth-order valence-electron chi connectivity index (χ4n) is 3.78. The summed E-state index contributed by atoms with van der Waals surface area (Å²) in [5, 5.41) is 0.532. The van der Waals surface area contributed by atoms with Gasteiger partial charge < -0.3 is 4.90 Å². The van der Waals surface area contributed by atoms with Crippen LogP contribution >= 0.6 is 23.3 Å². The molecule has 1 aromatic heterocycles. The second-order valence-electron chi connectivity index (χ2n) is 7.71. The first kappa shape index (κ1) is 20.9. The van der Waals surface area contributed by atoms with Gasteiger partial charge in [0.15, 0.2) is 0 Å². The molecular formula is C22H22ClFN4OS. The molecule has 1 amide bonds. The van der Waals surface area contributed by atoms with Crippen molar-refractivity contribution in [2.75, 3.05) is 13.1 Å². The molecule has 2 heterocycles. The lowest BCUT2D eigenvalue weighted by Gasteiger charge is -2.44. The van der Waals surface area contributed by atoms with E-state index >= 15 is 0 Å². The number of amides is 1. The van der Waals surface area contributed by atoms with Gasteiger partial charge in [0.1, 0.15) is 16.9 Å². The van der Waals surface area contributed by atoms with Crippen molar-refractivity contribution in [2.45, 2.75) is 32.5 Å². The van der Waals surface area contributed by atoms with Gasteiger partial charge >= 0.3 is 0 Å². The first-order chi connectivity index (χ1) is 14.4. The van der Waals surface area contributed by atoms with E-state index in [0.717, 1.165) is 41.5 Å². The number of hydrogen-bond donors (Lipinski definition) is 0. The third kappa shape index (κ3) is 4.53. The molecule has 1 fully saturated rings. The van der Waals surface area contributed by atoms with Crippen molar-refractivity contribution >= 4 is 46.3 Å². The van der Waals surface area contributed by atoms with Crippen LogP contribution in [0.5, 0.6) is 0 Å². The minimum Gasteiger partial charge on any atom is -0.334 e. The van der Waals surface area contributed by atoms with Gasteiger partial charge in [0.2, 0.25) is 5.91 Å². The van der Waals surface area contributed by atoms with E-state index in [4.69, 9.17) is 11.6 Å². The van der Waals surface area contributed by atoms with Crippen molar-refractivity contribution in [1.82, 2.24) is 18.5 Å². The standard InChI is InChI=1S/C22H22ClFN4OS/c1-14-12-28(15(2)11-27(14)13-16-3-6-18(24)7-4-16)21(29)8-5-17-9-19(23)22-20(10-17)25-30-26-22/h3-10,14-15H,11-13H2,1-2H3/b8-5+/t14-,15+/m1/s1. The first-order valence-electron chi connectivity index (χ1n) is 9.79. The van der Waals surface area contributed by atoms with Crippen LogP contribution in [0.4, 0.5) is 4.39 Å². The fraction of sp³-hybridized carbons (Fsp3) is 0.318. The van der Waals surface area contributed by atoms with Crippen molar-refractivity contribution in [1.29, 1.82) is 0 Å². The van der Waals surface area contributed by atoms with Crippen LogP contribution in [-0.4, -0.2) is 49.6 Å². The third-order valence-electron chi connectivity index (χ3n) is 5.45. The quantitative estimate of drug-likeness (QED) is 0.551. The number of halogens is 2. The normalized spacial score (nSPS) is 20.3. The van der Waals surface area contributed by atoms with Crippen molar-refractivity contribution in [3.63, 3.8) is 0 Å². The van der Waals surface area contributed by atoms with E-state index in [1.807, 2.05) is 23.1 Å². The van der Waals surface area contributed by atoms with E-state index in [0.29, 0.717) is 17.1 Å². The number of aromatic nitrogens is 2. The lowest BCUT2D eigenvalue weighted by molar-refractivity contribution is -0.131. The smallest absolute Gasteiger partial charge is 0.246 e. The molecule has 156 valence electrons. The van der Waals surface area contributed by atoms with Crippen LogP contribution in [0.2, 0.25) is 5.02 Å². The van der Waals surface area contributed by atoms with E-state index in [1.54, 1.807) is 18.2 Å². The van der Waals surface area contributed by atoms with Gasteiger partial charge in [-0.1, -0.05) is 23.7 Å². The van der Waals surface area contributed by atoms with E-state index in [1.165, 1.54) is 12.1 Å². The molecule has 1 aliphatic rings. The predicted octanol–water partition coefficient (Wildman–Crippen LogP) is 4.62. The summed E-state index contributed by atoms with van der Waals surface area (Å²) >= 11 is 7.37. The maximum Gasteiger partial charge on any atom is 0.246 e.